The first kappa shape index (κ1) is 15.6. The summed E-state index contributed by atoms with van der Waals surface area (Å²) in [7, 11) is 0. The number of hydrogen-bond donors (Lipinski definition) is 2. The van der Waals surface area contributed by atoms with E-state index in [9.17, 15) is 9.59 Å². The molecule has 2 N–H and O–H groups in total. The molecule has 2 aromatic carbocycles. The van der Waals surface area contributed by atoms with Gasteiger partial charge in [0.1, 0.15) is 11.3 Å². The highest BCUT2D eigenvalue weighted by Gasteiger charge is 2.13. The summed E-state index contributed by atoms with van der Waals surface area (Å²) in [6.07, 6.45) is 0. The third-order valence-corrected chi connectivity index (χ3v) is 3.46. The molecule has 0 saturated carbocycles. The van der Waals surface area contributed by atoms with Gasteiger partial charge in [-0.1, -0.05) is 18.2 Å². The van der Waals surface area contributed by atoms with Crippen molar-refractivity contribution in [3.63, 3.8) is 0 Å². The summed E-state index contributed by atoms with van der Waals surface area (Å²) < 4.78 is 10.6. The Morgan fingerprint density at radius 3 is 2.67 bits per heavy atom. The number of carbonyl (C=O) groups excluding carboxylic acids is 1. The number of nitrogens with one attached hydrogen (secondary N) is 1. The fraction of sp³-hybridized carbons (Fsp3) is 0.111. The minimum atomic E-state index is -1.05. The first-order chi connectivity index (χ1) is 11.5. The molecule has 0 bridgehead atoms. The van der Waals surface area contributed by atoms with E-state index >= 15 is 0 Å². The highest BCUT2D eigenvalue weighted by molar-refractivity contribution is 6.05. The summed E-state index contributed by atoms with van der Waals surface area (Å²) in [5.41, 5.74) is 2.00. The van der Waals surface area contributed by atoms with Crippen LogP contribution in [0.2, 0.25) is 0 Å². The minimum absolute atomic E-state index is 0.224. The molecule has 6 nitrogen and oxygen atoms in total. The monoisotopic (exact) mass is 325 g/mol. The van der Waals surface area contributed by atoms with Crippen molar-refractivity contribution < 1.29 is 23.8 Å². The second-order valence-electron chi connectivity index (χ2n) is 5.26. The molecule has 1 amide bonds. The van der Waals surface area contributed by atoms with Gasteiger partial charge in [-0.2, -0.15) is 0 Å². The van der Waals surface area contributed by atoms with Gasteiger partial charge in [0, 0.05) is 11.1 Å². The Labute approximate surface area is 137 Å². The smallest absolute Gasteiger partial charge is 0.341 e. The van der Waals surface area contributed by atoms with Crippen molar-refractivity contribution in [3.8, 4) is 5.75 Å². The molecular weight excluding hydrogens is 310 g/mol. The van der Waals surface area contributed by atoms with Gasteiger partial charge in [-0.05, 0) is 42.8 Å². The lowest BCUT2D eigenvalue weighted by Gasteiger charge is -2.09. The molecule has 6 heteroatoms. The van der Waals surface area contributed by atoms with E-state index in [1.807, 2.05) is 18.2 Å². The van der Waals surface area contributed by atoms with E-state index in [2.05, 4.69) is 5.32 Å². The second kappa shape index (κ2) is 6.45. The number of carbonyl (C=O) groups is 2. The Bertz CT molecular complexity index is 880. The highest BCUT2D eigenvalue weighted by atomic mass is 16.5. The average molecular weight is 325 g/mol. The van der Waals surface area contributed by atoms with Crippen LogP contribution in [0.3, 0.4) is 0 Å². The number of fused-ring (bicyclic) bond motifs is 1. The number of aliphatic carboxylic acids is 1. The van der Waals surface area contributed by atoms with Crippen molar-refractivity contribution in [2.24, 2.45) is 0 Å². The number of ether oxygens (including phenoxy) is 1. The molecule has 0 radical (unpaired) electrons. The molecular formula is C18H15NO5. The zero-order chi connectivity index (χ0) is 17.1. The van der Waals surface area contributed by atoms with E-state index in [0.29, 0.717) is 17.0 Å². The largest absolute Gasteiger partial charge is 0.482 e. The minimum Gasteiger partial charge on any atom is -0.482 e. The Hall–Kier alpha value is -3.28. The van der Waals surface area contributed by atoms with Crippen molar-refractivity contribution in [1.29, 1.82) is 0 Å². The van der Waals surface area contributed by atoms with Gasteiger partial charge < -0.3 is 19.6 Å². The predicted octanol–water partition coefficient (Wildman–Crippen LogP) is 3.46. The number of para-hydroxylation sites is 1. The number of aryl methyl sites for hydroxylation is 1. The number of hydrogen-bond acceptors (Lipinski definition) is 4. The van der Waals surface area contributed by atoms with Gasteiger partial charge in [-0.3, -0.25) is 4.79 Å². The van der Waals surface area contributed by atoms with Crippen molar-refractivity contribution >= 4 is 28.5 Å². The highest BCUT2D eigenvalue weighted by Crippen LogP contribution is 2.24. The lowest BCUT2D eigenvalue weighted by molar-refractivity contribution is -0.139. The van der Waals surface area contributed by atoms with Crippen LogP contribution in [0.4, 0.5) is 5.69 Å². The van der Waals surface area contributed by atoms with E-state index in [1.54, 1.807) is 37.3 Å². The Morgan fingerprint density at radius 1 is 1.17 bits per heavy atom. The SMILES string of the molecule is Cc1cc(OCC(=O)O)ccc1NC(=O)c1cc2ccccc2o1. The van der Waals surface area contributed by atoms with Gasteiger partial charge in [0.25, 0.3) is 5.91 Å². The van der Waals surface area contributed by atoms with E-state index in [-0.39, 0.29) is 11.7 Å². The van der Waals surface area contributed by atoms with Crippen LogP contribution in [0.25, 0.3) is 11.0 Å². The van der Waals surface area contributed by atoms with Crippen LogP contribution in [0.1, 0.15) is 16.1 Å². The third kappa shape index (κ3) is 3.38. The molecule has 24 heavy (non-hydrogen) atoms. The Balaban J connectivity index is 1.75. The van der Waals surface area contributed by atoms with Gasteiger partial charge in [0.05, 0.1) is 0 Å². The quantitative estimate of drug-likeness (QED) is 0.750. The molecule has 0 spiro atoms. The maximum absolute atomic E-state index is 12.3. The van der Waals surface area contributed by atoms with Crippen molar-refractivity contribution in [2.45, 2.75) is 6.92 Å². The number of rotatable bonds is 5. The number of carboxylic acid groups (broad SMARTS) is 1. The van der Waals surface area contributed by atoms with E-state index in [1.165, 1.54) is 0 Å². The standard InChI is InChI=1S/C18H15NO5/c1-11-8-13(23-10-17(20)21)6-7-14(11)19-18(22)16-9-12-4-2-3-5-15(12)24-16/h2-9H,10H2,1H3,(H,19,22)(H,20,21). The molecule has 0 fully saturated rings. The van der Waals surface area contributed by atoms with Gasteiger partial charge in [0.2, 0.25) is 0 Å². The van der Waals surface area contributed by atoms with Gasteiger partial charge in [-0.25, -0.2) is 4.79 Å². The summed E-state index contributed by atoms with van der Waals surface area (Å²) in [5.74, 6) is -0.748. The molecule has 0 saturated heterocycles. The van der Waals surface area contributed by atoms with Crippen molar-refractivity contribution in [2.75, 3.05) is 11.9 Å². The average Bonchev–Trinajstić information content (AvgIpc) is 2.99. The van der Waals surface area contributed by atoms with E-state index in [4.69, 9.17) is 14.3 Å². The van der Waals surface area contributed by atoms with Crippen LogP contribution in [-0.2, 0) is 4.79 Å². The van der Waals surface area contributed by atoms with Crippen LogP contribution in [0, 0.1) is 6.92 Å². The molecule has 0 aliphatic carbocycles. The number of amides is 1. The summed E-state index contributed by atoms with van der Waals surface area (Å²) in [6.45, 7) is 1.38. The van der Waals surface area contributed by atoms with Crippen LogP contribution in [0.5, 0.6) is 5.75 Å². The van der Waals surface area contributed by atoms with Crippen molar-refractivity contribution in [3.05, 3.63) is 59.9 Å². The van der Waals surface area contributed by atoms with E-state index in [0.717, 1.165) is 10.9 Å². The first-order valence-corrected chi connectivity index (χ1v) is 7.28. The van der Waals surface area contributed by atoms with Crippen molar-refractivity contribution in [1.82, 2.24) is 0 Å². The summed E-state index contributed by atoms with van der Waals surface area (Å²) in [4.78, 5) is 22.8. The normalized spacial score (nSPS) is 10.5. The topological polar surface area (TPSA) is 88.8 Å². The Morgan fingerprint density at radius 2 is 1.96 bits per heavy atom. The molecule has 0 aliphatic rings. The zero-order valence-corrected chi connectivity index (χ0v) is 12.9. The summed E-state index contributed by atoms with van der Waals surface area (Å²) >= 11 is 0. The van der Waals surface area contributed by atoms with Crippen LogP contribution in [-0.4, -0.2) is 23.6 Å². The predicted molar refractivity (Wildman–Crippen MR) is 88.5 cm³/mol. The molecule has 0 atom stereocenters. The summed E-state index contributed by atoms with van der Waals surface area (Å²) in [6, 6.07) is 14.0. The Kier molecular flexibility index (Phi) is 4.20. The maximum Gasteiger partial charge on any atom is 0.341 e. The molecule has 3 rings (SSSR count). The third-order valence-electron chi connectivity index (χ3n) is 3.46. The lowest BCUT2D eigenvalue weighted by Crippen LogP contribution is -2.12. The molecule has 1 heterocycles. The lowest BCUT2D eigenvalue weighted by atomic mass is 10.2. The van der Waals surface area contributed by atoms with Gasteiger partial charge >= 0.3 is 5.97 Å². The van der Waals surface area contributed by atoms with Gasteiger partial charge in [-0.15, -0.1) is 0 Å². The number of anilines is 1. The molecule has 0 aliphatic heterocycles. The summed E-state index contributed by atoms with van der Waals surface area (Å²) in [5, 5.41) is 12.2. The van der Waals surface area contributed by atoms with Crippen LogP contribution >= 0.6 is 0 Å². The second-order valence-corrected chi connectivity index (χ2v) is 5.26. The van der Waals surface area contributed by atoms with E-state index < -0.39 is 12.6 Å². The zero-order valence-electron chi connectivity index (χ0n) is 12.9. The molecule has 122 valence electrons. The molecule has 0 unspecified atom stereocenters. The van der Waals surface area contributed by atoms with Crippen LogP contribution < -0.4 is 10.1 Å². The number of furan rings is 1. The maximum atomic E-state index is 12.3. The van der Waals surface area contributed by atoms with Gasteiger partial charge in [0.15, 0.2) is 12.4 Å². The molecule has 3 aromatic rings. The fourth-order valence-corrected chi connectivity index (χ4v) is 2.29. The molecule has 1 aromatic heterocycles. The fourth-order valence-electron chi connectivity index (χ4n) is 2.29. The number of benzene rings is 2. The first-order valence-electron chi connectivity index (χ1n) is 7.28. The van der Waals surface area contributed by atoms with Crippen LogP contribution in [0.15, 0.2) is 52.9 Å². The number of carboxylic acids is 1.